The number of fused-ring (bicyclic) bond motifs is 1. The minimum Gasteiger partial charge on any atom is -0.308 e. The third kappa shape index (κ3) is 2.53. The third-order valence-corrected chi connectivity index (χ3v) is 4.77. The van der Waals surface area contributed by atoms with Gasteiger partial charge in [0.1, 0.15) is 0 Å². The summed E-state index contributed by atoms with van der Waals surface area (Å²) in [5, 5.41) is 11.7. The molecule has 0 radical (unpaired) electrons. The van der Waals surface area contributed by atoms with Crippen LogP contribution in [0.25, 0.3) is 0 Å². The molecule has 0 saturated heterocycles. The Labute approximate surface area is 127 Å². The number of anilines is 1. The second-order valence-corrected chi connectivity index (χ2v) is 6.54. The first-order valence-corrected chi connectivity index (χ1v) is 7.76. The maximum absolute atomic E-state index is 12.8. The van der Waals surface area contributed by atoms with Crippen molar-refractivity contribution >= 4 is 23.4 Å². The van der Waals surface area contributed by atoms with E-state index in [0.717, 1.165) is 12.1 Å². The summed E-state index contributed by atoms with van der Waals surface area (Å²) >= 11 is 1.38. The van der Waals surface area contributed by atoms with E-state index in [0.29, 0.717) is 5.16 Å². The van der Waals surface area contributed by atoms with Gasteiger partial charge in [-0.15, -0.1) is 5.10 Å². The van der Waals surface area contributed by atoms with Crippen molar-refractivity contribution in [2.24, 2.45) is 7.05 Å². The fourth-order valence-electron chi connectivity index (χ4n) is 2.63. The molecule has 2 atom stereocenters. The molecule has 6 nitrogen and oxygen atoms in total. The lowest BCUT2D eigenvalue weighted by Gasteiger charge is -2.25. The standard InChI is InChI=1S/C14H17N5OS/c1-9-8-11-6-4-5-7-12(11)19(9)13(20)10(2)21-14-15-16-17-18(14)3/h4-7,9-10H,8H2,1-3H3/t9-,10+/m0/s1. The number of hydrogen-bond donors (Lipinski definition) is 0. The Hall–Kier alpha value is -1.89. The first-order valence-electron chi connectivity index (χ1n) is 6.88. The molecule has 0 spiro atoms. The van der Waals surface area contributed by atoms with Crippen LogP contribution in [0.4, 0.5) is 5.69 Å². The van der Waals surface area contributed by atoms with Crippen molar-refractivity contribution in [3.63, 3.8) is 0 Å². The highest BCUT2D eigenvalue weighted by Gasteiger charge is 2.33. The molecule has 0 unspecified atom stereocenters. The molecule has 21 heavy (non-hydrogen) atoms. The van der Waals surface area contributed by atoms with E-state index in [1.54, 1.807) is 11.7 Å². The molecule has 2 heterocycles. The van der Waals surface area contributed by atoms with Gasteiger partial charge in [-0.1, -0.05) is 30.0 Å². The highest BCUT2D eigenvalue weighted by atomic mass is 32.2. The van der Waals surface area contributed by atoms with Crippen LogP contribution in [-0.2, 0) is 18.3 Å². The van der Waals surface area contributed by atoms with Crippen molar-refractivity contribution in [3.8, 4) is 0 Å². The van der Waals surface area contributed by atoms with E-state index in [2.05, 4.69) is 28.5 Å². The molecule has 7 heteroatoms. The molecule has 0 saturated carbocycles. The Bertz CT molecular complexity index is 671. The number of rotatable bonds is 3. The van der Waals surface area contributed by atoms with Crippen LogP contribution in [0.5, 0.6) is 0 Å². The molecular weight excluding hydrogens is 286 g/mol. The molecule has 1 aromatic carbocycles. The topological polar surface area (TPSA) is 63.9 Å². The van der Waals surface area contributed by atoms with E-state index < -0.39 is 0 Å². The number of aromatic nitrogens is 4. The monoisotopic (exact) mass is 303 g/mol. The summed E-state index contributed by atoms with van der Waals surface area (Å²) in [4.78, 5) is 14.7. The van der Waals surface area contributed by atoms with E-state index >= 15 is 0 Å². The molecule has 0 N–H and O–H groups in total. The van der Waals surface area contributed by atoms with Crippen molar-refractivity contribution in [1.82, 2.24) is 20.2 Å². The van der Waals surface area contributed by atoms with Gasteiger partial charge in [-0.3, -0.25) is 4.79 Å². The second-order valence-electron chi connectivity index (χ2n) is 5.24. The number of amides is 1. The first-order chi connectivity index (χ1) is 10.1. The molecular formula is C14H17N5OS. The fourth-order valence-corrected chi connectivity index (χ4v) is 3.43. The van der Waals surface area contributed by atoms with Gasteiger partial charge in [0.15, 0.2) is 0 Å². The van der Waals surface area contributed by atoms with E-state index in [1.165, 1.54) is 17.3 Å². The van der Waals surface area contributed by atoms with Crippen LogP contribution in [0, 0.1) is 0 Å². The van der Waals surface area contributed by atoms with Crippen LogP contribution in [-0.4, -0.2) is 37.4 Å². The Balaban J connectivity index is 1.80. The minimum atomic E-state index is -0.233. The number of carbonyl (C=O) groups excluding carboxylic acids is 1. The smallest absolute Gasteiger partial charge is 0.240 e. The van der Waals surface area contributed by atoms with Gasteiger partial charge >= 0.3 is 0 Å². The summed E-state index contributed by atoms with van der Waals surface area (Å²) in [5.74, 6) is 0.0976. The van der Waals surface area contributed by atoms with E-state index in [1.807, 2.05) is 30.0 Å². The predicted octanol–water partition coefficient (Wildman–Crippen LogP) is 1.67. The van der Waals surface area contributed by atoms with Crippen LogP contribution in [0.15, 0.2) is 29.4 Å². The van der Waals surface area contributed by atoms with E-state index in [9.17, 15) is 4.79 Å². The number of tetrazole rings is 1. The van der Waals surface area contributed by atoms with Crippen molar-refractivity contribution < 1.29 is 4.79 Å². The van der Waals surface area contributed by atoms with Gasteiger partial charge in [-0.05, 0) is 42.3 Å². The number of benzene rings is 1. The maximum Gasteiger partial charge on any atom is 0.240 e. The van der Waals surface area contributed by atoms with Gasteiger partial charge in [0.05, 0.1) is 5.25 Å². The number of aryl methyl sites for hydroxylation is 1. The first kappa shape index (κ1) is 14.1. The van der Waals surface area contributed by atoms with Gasteiger partial charge < -0.3 is 4.90 Å². The van der Waals surface area contributed by atoms with Crippen LogP contribution < -0.4 is 4.90 Å². The summed E-state index contributed by atoms with van der Waals surface area (Å²) in [6.07, 6.45) is 0.908. The molecule has 2 aromatic rings. The molecule has 1 aliphatic rings. The van der Waals surface area contributed by atoms with Crippen LogP contribution in [0.2, 0.25) is 0 Å². The molecule has 1 aromatic heterocycles. The summed E-state index contributed by atoms with van der Waals surface area (Å²) in [7, 11) is 1.77. The number of hydrogen-bond acceptors (Lipinski definition) is 5. The second kappa shape index (κ2) is 5.48. The van der Waals surface area contributed by atoms with Gasteiger partial charge in [-0.2, -0.15) is 0 Å². The van der Waals surface area contributed by atoms with Crippen molar-refractivity contribution in [3.05, 3.63) is 29.8 Å². The molecule has 0 aliphatic carbocycles. The third-order valence-electron chi connectivity index (χ3n) is 3.66. The maximum atomic E-state index is 12.8. The highest BCUT2D eigenvalue weighted by Crippen LogP contribution is 2.34. The number of carbonyl (C=O) groups is 1. The zero-order valence-corrected chi connectivity index (χ0v) is 13.0. The summed E-state index contributed by atoms with van der Waals surface area (Å²) in [5.41, 5.74) is 2.26. The largest absolute Gasteiger partial charge is 0.308 e. The van der Waals surface area contributed by atoms with Gasteiger partial charge in [-0.25, -0.2) is 4.68 Å². The number of thioether (sulfide) groups is 1. The summed E-state index contributed by atoms with van der Waals surface area (Å²) in [6, 6.07) is 8.28. The quantitative estimate of drug-likeness (QED) is 0.807. The molecule has 0 fully saturated rings. The van der Waals surface area contributed by atoms with Gasteiger partial charge in [0, 0.05) is 18.8 Å². The predicted molar refractivity (Wildman–Crippen MR) is 81.2 cm³/mol. The molecule has 1 amide bonds. The average Bonchev–Trinajstić information content (AvgIpc) is 3.01. The zero-order chi connectivity index (χ0) is 15.0. The van der Waals surface area contributed by atoms with Crippen molar-refractivity contribution in [2.45, 2.75) is 36.7 Å². The molecule has 3 rings (SSSR count). The normalized spacial score (nSPS) is 18.6. The van der Waals surface area contributed by atoms with Crippen LogP contribution >= 0.6 is 11.8 Å². The Morgan fingerprint density at radius 2 is 2.19 bits per heavy atom. The number of para-hydroxylation sites is 1. The lowest BCUT2D eigenvalue weighted by molar-refractivity contribution is -0.118. The lowest BCUT2D eigenvalue weighted by atomic mass is 10.1. The summed E-state index contributed by atoms with van der Waals surface area (Å²) < 4.78 is 1.58. The van der Waals surface area contributed by atoms with Gasteiger partial charge in [0.2, 0.25) is 11.1 Å². The van der Waals surface area contributed by atoms with E-state index in [-0.39, 0.29) is 17.2 Å². The minimum absolute atomic E-state index is 0.0976. The van der Waals surface area contributed by atoms with Crippen LogP contribution in [0.3, 0.4) is 0 Å². The average molecular weight is 303 g/mol. The number of nitrogens with zero attached hydrogens (tertiary/aromatic N) is 5. The highest BCUT2D eigenvalue weighted by molar-refractivity contribution is 8.00. The Kier molecular flexibility index (Phi) is 3.67. The fraction of sp³-hybridized carbons (Fsp3) is 0.429. The van der Waals surface area contributed by atoms with Crippen LogP contribution in [0.1, 0.15) is 19.4 Å². The lowest BCUT2D eigenvalue weighted by Crippen LogP contribution is -2.40. The van der Waals surface area contributed by atoms with E-state index in [4.69, 9.17) is 0 Å². The summed E-state index contributed by atoms with van der Waals surface area (Å²) in [6.45, 7) is 3.98. The van der Waals surface area contributed by atoms with Gasteiger partial charge in [0.25, 0.3) is 0 Å². The Morgan fingerprint density at radius 1 is 1.43 bits per heavy atom. The van der Waals surface area contributed by atoms with Crippen molar-refractivity contribution in [2.75, 3.05) is 4.90 Å². The molecule has 1 aliphatic heterocycles. The van der Waals surface area contributed by atoms with Crippen molar-refractivity contribution in [1.29, 1.82) is 0 Å². The molecule has 110 valence electrons. The SMILES string of the molecule is C[C@@H](Sc1nnnn1C)C(=O)N1c2ccccc2C[C@@H]1C. The Morgan fingerprint density at radius 3 is 2.90 bits per heavy atom. The zero-order valence-electron chi connectivity index (χ0n) is 12.2. The molecule has 0 bridgehead atoms.